The summed E-state index contributed by atoms with van der Waals surface area (Å²) in [6.07, 6.45) is 1.05. The topological polar surface area (TPSA) is 43.4 Å². The van der Waals surface area contributed by atoms with Crippen LogP contribution >= 0.6 is 35.3 Å². The molecule has 0 aliphatic heterocycles. The zero-order valence-corrected chi connectivity index (χ0v) is 17.8. The molecule has 4 nitrogen and oxygen atoms in total. The molecule has 0 saturated heterocycles. The summed E-state index contributed by atoms with van der Waals surface area (Å²) >= 11 is 1.81. The molecule has 0 atom stereocenters. The van der Waals surface area contributed by atoms with Crippen molar-refractivity contribution >= 4 is 52.2 Å². The van der Waals surface area contributed by atoms with E-state index in [2.05, 4.69) is 71.0 Å². The molecule has 0 spiro atoms. The second kappa shape index (κ2) is 9.82. The molecule has 0 fully saturated rings. The normalized spacial score (nSPS) is 11.4. The lowest BCUT2D eigenvalue weighted by molar-refractivity contribution is 0.486. The van der Waals surface area contributed by atoms with Gasteiger partial charge >= 0.3 is 0 Å². The van der Waals surface area contributed by atoms with Gasteiger partial charge in [0.25, 0.3) is 0 Å². The van der Waals surface area contributed by atoms with E-state index in [-0.39, 0.29) is 24.0 Å². The van der Waals surface area contributed by atoms with E-state index in [9.17, 15) is 0 Å². The highest BCUT2D eigenvalue weighted by atomic mass is 127. The number of nitrogens with one attached hydrogen (secondary N) is 2. The maximum Gasteiger partial charge on any atom is 0.194 e. The number of fused-ring (bicyclic) bond motifs is 1. The number of nitrogens with zero attached hydrogens (tertiary/aromatic N) is 2. The van der Waals surface area contributed by atoms with Crippen molar-refractivity contribution in [1.82, 2.24) is 15.2 Å². The lowest BCUT2D eigenvalue weighted by Gasteiger charge is -2.21. The van der Waals surface area contributed by atoms with Crippen LogP contribution in [0.1, 0.15) is 17.5 Å². The summed E-state index contributed by atoms with van der Waals surface area (Å²) in [7, 11) is 2.10. The fourth-order valence-electron chi connectivity index (χ4n) is 2.69. The molecule has 0 aliphatic rings. The zero-order valence-electron chi connectivity index (χ0n) is 14.7. The smallest absolute Gasteiger partial charge is 0.194 e. The highest BCUT2D eigenvalue weighted by Crippen LogP contribution is 2.15. The number of aromatic nitrogens is 1. The van der Waals surface area contributed by atoms with Gasteiger partial charge in [-0.1, -0.05) is 24.3 Å². The van der Waals surface area contributed by atoms with Gasteiger partial charge in [0.1, 0.15) is 0 Å². The lowest BCUT2D eigenvalue weighted by atomic mass is 10.2. The molecule has 134 valence electrons. The van der Waals surface area contributed by atoms with Crippen molar-refractivity contribution in [3.05, 3.63) is 58.4 Å². The molecule has 3 rings (SSSR count). The van der Waals surface area contributed by atoms with Crippen LogP contribution in [0.4, 0.5) is 0 Å². The first kappa shape index (κ1) is 19.8. The molecule has 2 aromatic heterocycles. The van der Waals surface area contributed by atoms with Crippen LogP contribution in [-0.2, 0) is 13.0 Å². The number of benzene rings is 1. The van der Waals surface area contributed by atoms with Crippen LogP contribution in [0.2, 0.25) is 0 Å². The fraction of sp³-hybridized carbons (Fsp3) is 0.316. The van der Waals surface area contributed by atoms with Crippen molar-refractivity contribution in [2.75, 3.05) is 20.1 Å². The number of likely N-dealkylation sites (N-methyl/N-ethyl adjacent to an activating group) is 1. The Morgan fingerprint density at radius 1 is 1.24 bits per heavy atom. The number of hydrogen-bond acceptors (Lipinski definition) is 2. The molecule has 6 heteroatoms. The Bertz CT molecular complexity index is 762. The second-order valence-electron chi connectivity index (χ2n) is 5.80. The van der Waals surface area contributed by atoms with Crippen molar-refractivity contribution in [2.24, 2.45) is 4.99 Å². The van der Waals surface area contributed by atoms with Gasteiger partial charge in [0.15, 0.2) is 5.96 Å². The van der Waals surface area contributed by atoms with E-state index in [1.807, 2.05) is 17.4 Å². The summed E-state index contributed by atoms with van der Waals surface area (Å²) in [5.41, 5.74) is 2.30. The van der Waals surface area contributed by atoms with E-state index in [1.165, 1.54) is 15.8 Å². The number of halogens is 1. The third kappa shape index (κ3) is 5.47. The Kier molecular flexibility index (Phi) is 7.77. The van der Waals surface area contributed by atoms with Crippen LogP contribution in [0.5, 0.6) is 0 Å². The van der Waals surface area contributed by atoms with Gasteiger partial charge in [-0.25, -0.2) is 4.99 Å². The standard InChI is InChI=1S/C19H24N4S.HI/c1-3-20-19(23(2)11-10-17-8-6-12-24-17)21-14-16-13-15-7-4-5-9-18(15)22-16;/h4-9,12-13,22H,3,10-11,14H2,1-2H3,(H,20,21);1H. The number of para-hydroxylation sites is 1. The lowest BCUT2D eigenvalue weighted by Crippen LogP contribution is -2.39. The third-order valence-electron chi connectivity index (χ3n) is 3.96. The van der Waals surface area contributed by atoms with Gasteiger partial charge in [-0.05, 0) is 42.3 Å². The minimum Gasteiger partial charge on any atom is -0.357 e. The molecule has 0 aliphatic carbocycles. The molecule has 25 heavy (non-hydrogen) atoms. The van der Waals surface area contributed by atoms with Crippen molar-refractivity contribution in [3.63, 3.8) is 0 Å². The number of hydrogen-bond donors (Lipinski definition) is 2. The zero-order chi connectivity index (χ0) is 16.8. The third-order valence-corrected chi connectivity index (χ3v) is 4.89. The molecule has 2 heterocycles. The van der Waals surface area contributed by atoms with E-state index in [4.69, 9.17) is 4.99 Å². The van der Waals surface area contributed by atoms with Crippen LogP contribution in [0.15, 0.2) is 52.8 Å². The van der Waals surface area contributed by atoms with Gasteiger partial charge in [0, 0.05) is 36.2 Å². The average molecular weight is 468 g/mol. The van der Waals surface area contributed by atoms with Crippen LogP contribution in [0.25, 0.3) is 10.9 Å². The molecule has 0 radical (unpaired) electrons. The Labute approximate surface area is 170 Å². The number of rotatable bonds is 6. The summed E-state index contributed by atoms with van der Waals surface area (Å²) < 4.78 is 0. The van der Waals surface area contributed by atoms with Gasteiger partial charge in [0.2, 0.25) is 0 Å². The van der Waals surface area contributed by atoms with Gasteiger partial charge in [0.05, 0.1) is 6.54 Å². The average Bonchev–Trinajstić information content (AvgIpc) is 3.25. The SMILES string of the molecule is CCNC(=NCc1cc2ccccc2[nH]1)N(C)CCc1cccs1.I. The highest BCUT2D eigenvalue weighted by Gasteiger charge is 2.07. The number of aromatic amines is 1. The van der Waals surface area contributed by atoms with Crippen LogP contribution < -0.4 is 5.32 Å². The van der Waals surface area contributed by atoms with Gasteiger partial charge in [-0.3, -0.25) is 0 Å². The monoisotopic (exact) mass is 468 g/mol. The Hall–Kier alpha value is -1.54. The first-order chi connectivity index (χ1) is 11.8. The largest absolute Gasteiger partial charge is 0.357 e. The van der Waals surface area contributed by atoms with E-state index in [0.717, 1.165) is 31.2 Å². The first-order valence-corrected chi connectivity index (χ1v) is 9.22. The van der Waals surface area contributed by atoms with Gasteiger partial charge in [-0.15, -0.1) is 35.3 Å². The number of H-pyrrole nitrogens is 1. The van der Waals surface area contributed by atoms with Gasteiger partial charge in [-0.2, -0.15) is 0 Å². The maximum atomic E-state index is 4.78. The predicted octanol–water partition coefficient (Wildman–Crippen LogP) is 4.49. The fourth-order valence-corrected chi connectivity index (χ4v) is 3.39. The maximum absolute atomic E-state index is 4.78. The Balaban J connectivity index is 0.00000225. The molecular formula is C19H25IN4S. The molecule has 3 aromatic rings. The number of guanidine groups is 1. The van der Waals surface area contributed by atoms with E-state index in [0.29, 0.717) is 6.54 Å². The summed E-state index contributed by atoms with van der Waals surface area (Å²) in [5.74, 6) is 0.952. The molecule has 0 saturated carbocycles. The van der Waals surface area contributed by atoms with Crippen molar-refractivity contribution < 1.29 is 0 Å². The second-order valence-corrected chi connectivity index (χ2v) is 6.84. The summed E-state index contributed by atoms with van der Waals surface area (Å²) in [6.45, 7) is 4.58. The molecule has 2 N–H and O–H groups in total. The summed E-state index contributed by atoms with van der Waals surface area (Å²) in [5, 5.41) is 6.75. The first-order valence-electron chi connectivity index (χ1n) is 8.34. The van der Waals surface area contributed by atoms with E-state index >= 15 is 0 Å². The van der Waals surface area contributed by atoms with Crippen LogP contribution in [-0.4, -0.2) is 36.0 Å². The number of thiophene rings is 1. The van der Waals surface area contributed by atoms with Crippen molar-refractivity contribution in [1.29, 1.82) is 0 Å². The highest BCUT2D eigenvalue weighted by molar-refractivity contribution is 14.0. The van der Waals surface area contributed by atoms with Crippen LogP contribution in [0.3, 0.4) is 0 Å². The quantitative estimate of drug-likeness (QED) is 0.318. The Morgan fingerprint density at radius 3 is 2.80 bits per heavy atom. The van der Waals surface area contributed by atoms with Gasteiger partial charge < -0.3 is 15.2 Å². The molecule has 0 unspecified atom stereocenters. The Morgan fingerprint density at radius 2 is 2.08 bits per heavy atom. The molecule has 0 bridgehead atoms. The van der Waals surface area contributed by atoms with E-state index in [1.54, 1.807) is 0 Å². The van der Waals surface area contributed by atoms with Crippen LogP contribution in [0, 0.1) is 0 Å². The molecular weight excluding hydrogens is 443 g/mol. The summed E-state index contributed by atoms with van der Waals surface area (Å²) in [4.78, 5) is 11.8. The van der Waals surface area contributed by atoms with Crippen molar-refractivity contribution in [3.8, 4) is 0 Å². The van der Waals surface area contributed by atoms with E-state index < -0.39 is 0 Å². The number of aliphatic imine (C=N–C) groups is 1. The molecule has 1 aromatic carbocycles. The van der Waals surface area contributed by atoms with Crippen molar-refractivity contribution in [2.45, 2.75) is 19.9 Å². The predicted molar refractivity (Wildman–Crippen MR) is 119 cm³/mol. The summed E-state index contributed by atoms with van der Waals surface area (Å²) in [6, 6.07) is 14.8. The minimum absolute atomic E-state index is 0. The minimum atomic E-state index is 0. The molecule has 0 amide bonds.